The number of carbonyl (C=O) groups excluding carboxylic acids is 1. The molecular formula is C15H19BrFNO. The summed E-state index contributed by atoms with van der Waals surface area (Å²) >= 11 is 3.40. The van der Waals surface area contributed by atoms with Gasteiger partial charge in [-0.2, -0.15) is 0 Å². The monoisotopic (exact) mass is 327 g/mol. The SMILES string of the molecule is Cc1cc(F)cc(C(=O)N(CCBr)C2CCCC2)c1. The molecular weight excluding hydrogens is 309 g/mol. The van der Waals surface area contributed by atoms with E-state index in [9.17, 15) is 9.18 Å². The first-order valence-electron chi connectivity index (χ1n) is 6.76. The van der Waals surface area contributed by atoms with Gasteiger partial charge >= 0.3 is 0 Å². The predicted octanol–water partition coefficient (Wildman–Crippen LogP) is 3.91. The molecule has 4 heteroatoms. The van der Waals surface area contributed by atoms with E-state index in [0.717, 1.165) is 23.7 Å². The maximum absolute atomic E-state index is 13.4. The Morgan fingerprint density at radius 3 is 2.63 bits per heavy atom. The Kier molecular flexibility index (Phi) is 4.97. The minimum Gasteiger partial charge on any atom is -0.335 e. The second kappa shape index (κ2) is 6.51. The first-order valence-corrected chi connectivity index (χ1v) is 7.88. The van der Waals surface area contributed by atoms with Crippen LogP contribution in [0, 0.1) is 12.7 Å². The minimum atomic E-state index is -0.339. The molecule has 0 radical (unpaired) electrons. The van der Waals surface area contributed by atoms with Crippen molar-refractivity contribution in [2.45, 2.75) is 38.6 Å². The zero-order chi connectivity index (χ0) is 13.8. The Bertz CT molecular complexity index is 437. The highest BCUT2D eigenvalue weighted by Gasteiger charge is 2.27. The Morgan fingerprint density at radius 1 is 1.37 bits per heavy atom. The molecule has 0 unspecified atom stereocenters. The van der Waals surface area contributed by atoms with Crippen molar-refractivity contribution in [1.82, 2.24) is 4.90 Å². The largest absolute Gasteiger partial charge is 0.335 e. The number of benzene rings is 1. The van der Waals surface area contributed by atoms with Crippen LogP contribution in [0.2, 0.25) is 0 Å². The van der Waals surface area contributed by atoms with Crippen molar-refractivity contribution < 1.29 is 9.18 Å². The van der Waals surface area contributed by atoms with E-state index in [1.807, 2.05) is 11.8 Å². The number of hydrogen-bond donors (Lipinski definition) is 0. The quantitative estimate of drug-likeness (QED) is 0.768. The van der Waals surface area contributed by atoms with E-state index < -0.39 is 0 Å². The predicted molar refractivity (Wildman–Crippen MR) is 78.2 cm³/mol. The summed E-state index contributed by atoms with van der Waals surface area (Å²) in [6.45, 7) is 2.49. The van der Waals surface area contributed by atoms with Crippen molar-refractivity contribution in [3.8, 4) is 0 Å². The lowest BCUT2D eigenvalue weighted by Crippen LogP contribution is -2.40. The van der Waals surface area contributed by atoms with Crippen LogP contribution in [0.3, 0.4) is 0 Å². The molecule has 1 aliphatic rings. The van der Waals surface area contributed by atoms with Crippen LogP contribution in [0.25, 0.3) is 0 Å². The number of alkyl halides is 1. The van der Waals surface area contributed by atoms with Crippen LogP contribution in [0.1, 0.15) is 41.6 Å². The fraction of sp³-hybridized carbons (Fsp3) is 0.533. The number of halogens is 2. The number of rotatable bonds is 4. The maximum Gasteiger partial charge on any atom is 0.254 e. The van der Waals surface area contributed by atoms with Gasteiger partial charge in [0.15, 0.2) is 0 Å². The van der Waals surface area contributed by atoms with E-state index in [4.69, 9.17) is 0 Å². The molecule has 0 saturated heterocycles. The highest BCUT2D eigenvalue weighted by molar-refractivity contribution is 9.09. The van der Waals surface area contributed by atoms with Gasteiger partial charge in [-0.25, -0.2) is 4.39 Å². The molecule has 0 N–H and O–H groups in total. The van der Waals surface area contributed by atoms with Crippen LogP contribution in [-0.2, 0) is 0 Å². The molecule has 2 rings (SSSR count). The van der Waals surface area contributed by atoms with Crippen LogP contribution in [-0.4, -0.2) is 28.7 Å². The molecule has 1 aromatic carbocycles. The second-order valence-corrected chi connectivity index (χ2v) is 5.94. The molecule has 0 aliphatic heterocycles. The van der Waals surface area contributed by atoms with E-state index in [2.05, 4.69) is 15.9 Å². The van der Waals surface area contributed by atoms with Crippen LogP contribution in [0.15, 0.2) is 18.2 Å². The van der Waals surface area contributed by atoms with Crippen molar-refractivity contribution in [2.75, 3.05) is 11.9 Å². The average molecular weight is 328 g/mol. The number of amides is 1. The molecule has 1 saturated carbocycles. The summed E-state index contributed by atoms with van der Waals surface area (Å²) in [6.07, 6.45) is 4.48. The first-order chi connectivity index (χ1) is 9.11. The highest BCUT2D eigenvalue weighted by atomic mass is 79.9. The molecule has 19 heavy (non-hydrogen) atoms. The van der Waals surface area contributed by atoms with Crippen LogP contribution < -0.4 is 0 Å². The van der Waals surface area contributed by atoms with E-state index in [1.165, 1.54) is 25.0 Å². The van der Waals surface area contributed by atoms with Gasteiger partial charge in [0.1, 0.15) is 5.82 Å². The van der Waals surface area contributed by atoms with Crippen LogP contribution in [0.4, 0.5) is 4.39 Å². The molecule has 0 heterocycles. The summed E-state index contributed by atoms with van der Waals surface area (Å²) in [5, 5.41) is 0.754. The van der Waals surface area contributed by atoms with Crippen molar-refractivity contribution in [1.29, 1.82) is 0 Å². The Morgan fingerprint density at radius 2 is 2.05 bits per heavy atom. The zero-order valence-corrected chi connectivity index (χ0v) is 12.7. The lowest BCUT2D eigenvalue weighted by atomic mass is 10.1. The number of hydrogen-bond acceptors (Lipinski definition) is 1. The van der Waals surface area contributed by atoms with Gasteiger partial charge in [-0.15, -0.1) is 0 Å². The van der Waals surface area contributed by atoms with Gasteiger partial charge in [0.25, 0.3) is 5.91 Å². The maximum atomic E-state index is 13.4. The van der Waals surface area contributed by atoms with E-state index in [0.29, 0.717) is 18.2 Å². The van der Waals surface area contributed by atoms with Crippen LogP contribution in [0.5, 0.6) is 0 Å². The molecule has 1 fully saturated rings. The van der Waals surface area contributed by atoms with Crippen molar-refractivity contribution in [3.05, 3.63) is 35.1 Å². The van der Waals surface area contributed by atoms with E-state index >= 15 is 0 Å². The fourth-order valence-electron chi connectivity index (χ4n) is 2.78. The first kappa shape index (κ1) is 14.5. The molecule has 1 aliphatic carbocycles. The molecule has 1 aromatic rings. The number of aryl methyl sites for hydroxylation is 1. The molecule has 0 aromatic heterocycles. The molecule has 0 spiro atoms. The molecule has 2 nitrogen and oxygen atoms in total. The average Bonchev–Trinajstić information content (AvgIpc) is 2.87. The summed E-state index contributed by atoms with van der Waals surface area (Å²) in [5.41, 5.74) is 1.25. The van der Waals surface area contributed by atoms with Gasteiger partial charge in [0.05, 0.1) is 0 Å². The van der Waals surface area contributed by atoms with Crippen molar-refractivity contribution in [3.63, 3.8) is 0 Å². The number of nitrogens with zero attached hydrogens (tertiary/aromatic N) is 1. The van der Waals surface area contributed by atoms with Gasteiger partial charge in [-0.3, -0.25) is 4.79 Å². The third-order valence-electron chi connectivity index (χ3n) is 3.64. The number of carbonyl (C=O) groups is 1. The van der Waals surface area contributed by atoms with Crippen molar-refractivity contribution in [2.24, 2.45) is 0 Å². The van der Waals surface area contributed by atoms with Gasteiger partial charge in [-0.05, 0) is 43.5 Å². The van der Waals surface area contributed by atoms with Gasteiger partial charge < -0.3 is 4.90 Å². The molecule has 104 valence electrons. The normalized spacial score (nSPS) is 15.7. The minimum absolute atomic E-state index is 0.0473. The summed E-state index contributed by atoms with van der Waals surface area (Å²) in [6, 6.07) is 4.86. The van der Waals surface area contributed by atoms with Gasteiger partial charge in [-0.1, -0.05) is 28.8 Å². The summed E-state index contributed by atoms with van der Waals surface area (Å²) in [5.74, 6) is -0.387. The van der Waals surface area contributed by atoms with E-state index in [-0.39, 0.29) is 11.7 Å². The Hall–Kier alpha value is -0.900. The van der Waals surface area contributed by atoms with Crippen molar-refractivity contribution >= 4 is 21.8 Å². The zero-order valence-electron chi connectivity index (χ0n) is 11.2. The summed E-state index contributed by atoms with van der Waals surface area (Å²) < 4.78 is 13.4. The fourth-order valence-corrected chi connectivity index (χ4v) is 3.16. The smallest absolute Gasteiger partial charge is 0.254 e. The topological polar surface area (TPSA) is 20.3 Å². The Balaban J connectivity index is 2.22. The third kappa shape index (κ3) is 3.56. The summed E-state index contributed by atoms with van der Waals surface area (Å²) in [4.78, 5) is 14.5. The molecule has 0 atom stereocenters. The highest BCUT2D eigenvalue weighted by Crippen LogP contribution is 2.25. The van der Waals surface area contributed by atoms with Gasteiger partial charge in [0, 0.05) is 23.5 Å². The molecule has 1 amide bonds. The lowest BCUT2D eigenvalue weighted by Gasteiger charge is -2.28. The second-order valence-electron chi connectivity index (χ2n) is 5.14. The third-order valence-corrected chi connectivity index (χ3v) is 4.00. The van der Waals surface area contributed by atoms with Gasteiger partial charge in [0.2, 0.25) is 0 Å². The molecule has 0 bridgehead atoms. The lowest BCUT2D eigenvalue weighted by molar-refractivity contribution is 0.0695. The van der Waals surface area contributed by atoms with Crippen LogP contribution >= 0.6 is 15.9 Å². The Labute approximate surface area is 122 Å². The summed E-state index contributed by atoms with van der Waals surface area (Å²) in [7, 11) is 0. The van der Waals surface area contributed by atoms with E-state index in [1.54, 1.807) is 6.07 Å². The standard InChI is InChI=1S/C15H19BrFNO/c1-11-8-12(10-13(17)9-11)15(19)18(7-6-16)14-4-2-3-5-14/h8-10,14H,2-7H2,1H3.